The first-order chi connectivity index (χ1) is 14.7. The molecule has 0 aromatic heterocycles. The van der Waals surface area contributed by atoms with Crippen LogP contribution in [0.2, 0.25) is 0 Å². The molecule has 0 bridgehead atoms. The second-order valence-corrected chi connectivity index (χ2v) is 7.48. The van der Waals surface area contributed by atoms with Crippen molar-refractivity contribution in [1.82, 2.24) is 5.32 Å². The minimum atomic E-state index is -0.414. The fraction of sp³-hybridized carbons (Fsp3) is 0.364. The van der Waals surface area contributed by atoms with E-state index in [1.807, 2.05) is 30.3 Å². The van der Waals surface area contributed by atoms with Gasteiger partial charge >= 0.3 is 0 Å². The molecule has 5 rings (SSSR count). The van der Waals surface area contributed by atoms with Gasteiger partial charge in [-0.25, -0.2) is 0 Å². The summed E-state index contributed by atoms with van der Waals surface area (Å²) >= 11 is 0. The maximum absolute atomic E-state index is 12.7. The van der Waals surface area contributed by atoms with Gasteiger partial charge in [0.05, 0.1) is 12.5 Å². The van der Waals surface area contributed by atoms with E-state index in [9.17, 15) is 9.59 Å². The Morgan fingerprint density at radius 2 is 1.77 bits per heavy atom. The van der Waals surface area contributed by atoms with Crippen LogP contribution >= 0.6 is 0 Å². The van der Waals surface area contributed by atoms with Gasteiger partial charge in [0.1, 0.15) is 25.9 Å². The molecule has 0 unspecified atom stereocenters. The van der Waals surface area contributed by atoms with E-state index in [-0.39, 0.29) is 24.3 Å². The molecule has 0 radical (unpaired) electrons. The van der Waals surface area contributed by atoms with Gasteiger partial charge in [0, 0.05) is 24.7 Å². The number of ether oxygens (including phenoxy) is 4. The number of nitrogens with one attached hydrogen (secondary N) is 1. The highest BCUT2D eigenvalue weighted by Crippen LogP contribution is 2.36. The van der Waals surface area contributed by atoms with Crippen LogP contribution in [0.4, 0.5) is 5.69 Å². The van der Waals surface area contributed by atoms with E-state index in [1.54, 1.807) is 17.0 Å². The maximum Gasteiger partial charge on any atom is 0.227 e. The summed E-state index contributed by atoms with van der Waals surface area (Å²) in [6.45, 7) is 2.01. The molecule has 3 heterocycles. The Bertz CT molecular complexity index is 978. The lowest BCUT2D eigenvalue weighted by Gasteiger charge is -2.27. The smallest absolute Gasteiger partial charge is 0.227 e. The summed E-state index contributed by atoms with van der Waals surface area (Å²) in [5.41, 5.74) is 0.708. The fourth-order valence-corrected chi connectivity index (χ4v) is 3.86. The molecule has 0 spiro atoms. The van der Waals surface area contributed by atoms with Crippen LogP contribution in [-0.4, -0.2) is 50.8 Å². The third-order valence-electron chi connectivity index (χ3n) is 5.40. The third-order valence-corrected chi connectivity index (χ3v) is 5.40. The lowest BCUT2D eigenvalue weighted by molar-refractivity contribution is -0.126. The molecule has 2 aromatic carbocycles. The van der Waals surface area contributed by atoms with Crippen molar-refractivity contribution in [2.24, 2.45) is 5.92 Å². The minimum Gasteiger partial charge on any atom is -0.486 e. The third kappa shape index (κ3) is 3.60. The zero-order valence-corrected chi connectivity index (χ0v) is 16.3. The number of hydrogen-bond donors (Lipinski definition) is 1. The molecule has 1 N–H and O–H groups in total. The molecule has 1 fully saturated rings. The normalized spacial score (nSPS) is 22.0. The summed E-state index contributed by atoms with van der Waals surface area (Å²) in [7, 11) is 0. The Kier molecular flexibility index (Phi) is 4.82. The number of benzene rings is 2. The lowest BCUT2D eigenvalue weighted by Crippen LogP contribution is -2.43. The van der Waals surface area contributed by atoms with Crippen LogP contribution in [0.25, 0.3) is 0 Å². The number of anilines is 1. The molecule has 30 heavy (non-hydrogen) atoms. The van der Waals surface area contributed by atoms with E-state index in [0.717, 1.165) is 0 Å². The highest BCUT2D eigenvalue weighted by molar-refractivity contribution is 6.00. The molecule has 3 aliphatic heterocycles. The predicted molar refractivity (Wildman–Crippen MR) is 107 cm³/mol. The fourth-order valence-electron chi connectivity index (χ4n) is 3.86. The van der Waals surface area contributed by atoms with Crippen molar-refractivity contribution in [2.45, 2.75) is 12.5 Å². The summed E-state index contributed by atoms with van der Waals surface area (Å²) in [6.07, 6.45) is -0.0969. The predicted octanol–water partition coefficient (Wildman–Crippen LogP) is 1.77. The van der Waals surface area contributed by atoms with E-state index in [4.69, 9.17) is 18.9 Å². The van der Waals surface area contributed by atoms with Gasteiger partial charge in [0.25, 0.3) is 0 Å². The second-order valence-electron chi connectivity index (χ2n) is 7.48. The average molecular weight is 410 g/mol. The lowest BCUT2D eigenvalue weighted by atomic mass is 10.1. The van der Waals surface area contributed by atoms with Crippen LogP contribution in [0.5, 0.6) is 23.0 Å². The van der Waals surface area contributed by atoms with Crippen LogP contribution in [0.1, 0.15) is 6.42 Å². The van der Waals surface area contributed by atoms with Crippen molar-refractivity contribution in [3.63, 3.8) is 0 Å². The number of amides is 2. The zero-order valence-electron chi connectivity index (χ0n) is 16.3. The monoisotopic (exact) mass is 410 g/mol. The first-order valence-electron chi connectivity index (χ1n) is 10.0. The molecule has 2 atom stereocenters. The molecule has 0 saturated carbocycles. The van der Waals surface area contributed by atoms with Gasteiger partial charge in [-0.3, -0.25) is 9.59 Å². The Balaban J connectivity index is 1.18. The summed E-state index contributed by atoms with van der Waals surface area (Å²) in [6, 6.07) is 12.8. The Morgan fingerprint density at radius 1 is 1.00 bits per heavy atom. The van der Waals surface area contributed by atoms with Gasteiger partial charge in [-0.1, -0.05) is 12.1 Å². The van der Waals surface area contributed by atoms with Crippen molar-refractivity contribution in [3.05, 3.63) is 42.5 Å². The van der Waals surface area contributed by atoms with Crippen LogP contribution < -0.4 is 29.2 Å². The van der Waals surface area contributed by atoms with Gasteiger partial charge in [-0.2, -0.15) is 0 Å². The molecule has 8 heteroatoms. The van der Waals surface area contributed by atoms with Gasteiger partial charge in [-0.05, 0) is 24.3 Å². The highest BCUT2D eigenvalue weighted by Gasteiger charge is 2.36. The molecule has 0 aliphatic carbocycles. The Morgan fingerprint density at radius 3 is 2.63 bits per heavy atom. The molecule has 1 saturated heterocycles. The van der Waals surface area contributed by atoms with Gasteiger partial charge in [0.15, 0.2) is 23.0 Å². The van der Waals surface area contributed by atoms with Gasteiger partial charge < -0.3 is 29.2 Å². The van der Waals surface area contributed by atoms with Crippen LogP contribution in [-0.2, 0) is 9.59 Å². The SMILES string of the molecule is O=C(NC[C@@H]1COc2ccccc2O1)[C@H]1CC(=O)N(c2ccc3c(c2)OCCO3)C1. The number of carbonyl (C=O) groups is 2. The molecule has 3 aliphatic rings. The molecule has 2 aromatic rings. The minimum absolute atomic E-state index is 0.0852. The van der Waals surface area contributed by atoms with Gasteiger partial charge in [-0.15, -0.1) is 0 Å². The maximum atomic E-state index is 12.7. The van der Waals surface area contributed by atoms with E-state index in [2.05, 4.69) is 5.32 Å². The summed E-state index contributed by atoms with van der Waals surface area (Å²) in [5, 5.41) is 2.90. The van der Waals surface area contributed by atoms with E-state index < -0.39 is 5.92 Å². The first kappa shape index (κ1) is 18.6. The summed E-state index contributed by atoms with van der Waals surface area (Å²) in [4.78, 5) is 26.8. The van der Waals surface area contributed by atoms with Crippen molar-refractivity contribution in [2.75, 3.05) is 37.8 Å². The number of hydrogen-bond acceptors (Lipinski definition) is 6. The molecule has 2 amide bonds. The number of nitrogens with zero attached hydrogens (tertiary/aromatic N) is 1. The summed E-state index contributed by atoms with van der Waals surface area (Å²) in [5.74, 6) is 2.00. The second kappa shape index (κ2) is 7.78. The quantitative estimate of drug-likeness (QED) is 0.827. The zero-order chi connectivity index (χ0) is 20.5. The van der Waals surface area contributed by atoms with Crippen molar-refractivity contribution in [3.8, 4) is 23.0 Å². The Labute approximate surface area is 173 Å². The van der Waals surface area contributed by atoms with Crippen LogP contribution in [0, 0.1) is 5.92 Å². The first-order valence-corrected chi connectivity index (χ1v) is 10.0. The van der Waals surface area contributed by atoms with E-state index >= 15 is 0 Å². The number of fused-ring (bicyclic) bond motifs is 2. The Hall–Kier alpha value is -3.42. The summed E-state index contributed by atoms with van der Waals surface area (Å²) < 4.78 is 22.7. The van der Waals surface area contributed by atoms with Crippen LogP contribution in [0.15, 0.2) is 42.5 Å². The number of carbonyl (C=O) groups excluding carboxylic acids is 2. The number of para-hydroxylation sites is 2. The topological polar surface area (TPSA) is 86.3 Å². The van der Waals surface area contributed by atoms with Gasteiger partial charge in [0.2, 0.25) is 11.8 Å². The van der Waals surface area contributed by atoms with Crippen LogP contribution in [0.3, 0.4) is 0 Å². The largest absolute Gasteiger partial charge is 0.486 e. The molecule has 156 valence electrons. The highest BCUT2D eigenvalue weighted by atomic mass is 16.6. The molecular weight excluding hydrogens is 388 g/mol. The molecule has 8 nitrogen and oxygen atoms in total. The van der Waals surface area contributed by atoms with Crippen molar-refractivity contribution >= 4 is 17.5 Å². The average Bonchev–Trinajstić information content (AvgIpc) is 3.18. The van der Waals surface area contributed by atoms with E-state index in [0.29, 0.717) is 61.6 Å². The molecular formula is C22H22N2O6. The van der Waals surface area contributed by atoms with Crippen molar-refractivity contribution in [1.29, 1.82) is 0 Å². The van der Waals surface area contributed by atoms with Crippen molar-refractivity contribution < 1.29 is 28.5 Å². The number of rotatable bonds is 4. The van der Waals surface area contributed by atoms with E-state index in [1.165, 1.54) is 0 Å². The standard InChI is InChI=1S/C22H22N2O6/c25-21-9-14(12-24(21)15-5-6-18-20(10-15)28-8-7-27-18)22(26)23-11-16-13-29-17-3-1-2-4-19(17)30-16/h1-6,10,14,16H,7-9,11-13H2,(H,23,26)/t14-,16+/m0/s1.